The Labute approximate surface area is 118 Å². The molecule has 1 aromatic rings. The molecule has 0 saturated carbocycles. The average Bonchev–Trinajstić information content (AvgIpc) is 2.84. The summed E-state index contributed by atoms with van der Waals surface area (Å²) in [4.78, 5) is 11.6. The van der Waals surface area contributed by atoms with Crippen molar-refractivity contribution in [3.63, 3.8) is 0 Å². The monoisotopic (exact) mass is 314 g/mol. The van der Waals surface area contributed by atoms with Crippen LogP contribution in [0.3, 0.4) is 0 Å². The number of hydrogen-bond donors (Lipinski definition) is 0. The van der Waals surface area contributed by atoms with Gasteiger partial charge in [-0.25, -0.2) is 0 Å². The van der Waals surface area contributed by atoms with Gasteiger partial charge in [0.25, 0.3) is 0 Å². The number of halogens is 1. The summed E-state index contributed by atoms with van der Waals surface area (Å²) in [6.45, 7) is 4.36. The van der Waals surface area contributed by atoms with Gasteiger partial charge < -0.3 is 0 Å². The van der Waals surface area contributed by atoms with Gasteiger partial charge in [-0.2, -0.15) is 5.10 Å². The normalized spacial score (nSPS) is 11.1. The number of rotatable bonds is 9. The maximum absolute atomic E-state index is 11.6. The Balaban J connectivity index is 2.41. The third-order valence-electron chi connectivity index (χ3n) is 3.23. The second-order valence-corrected chi connectivity index (χ2v) is 5.38. The topological polar surface area (TPSA) is 34.9 Å². The third-order valence-corrected chi connectivity index (χ3v) is 3.79. The van der Waals surface area contributed by atoms with Crippen LogP contribution < -0.4 is 0 Å². The zero-order valence-corrected chi connectivity index (χ0v) is 12.9. The number of nitrogens with zero attached hydrogens (tertiary/aromatic N) is 2. The van der Waals surface area contributed by atoms with E-state index >= 15 is 0 Å². The lowest BCUT2D eigenvalue weighted by Gasteiger charge is -2.12. The van der Waals surface area contributed by atoms with Gasteiger partial charge in [0.2, 0.25) is 0 Å². The summed E-state index contributed by atoms with van der Waals surface area (Å²) in [6, 6.07) is 2.53. The molecule has 0 radical (unpaired) electrons. The second kappa shape index (κ2) is 8.46. The fourth-order valence-corrected chi connectivity index (χ4v) is 2.31. The van der Waals surface area contributed by atoms with E-state index in [2.05, 4.69) is 34.9 Å². The zero-order valence-electron chi connectivity index (χ0n) is 11.4. The fourth-order valence-electron chi connectivity index (χ4n) is 2.03. The molecular formula is C14H23BrN2O. The quantitative estimate of drug-likeness (QED) is 0.647. The SMILES string of the molecule is CCC(CC)n1ccc(CCC(=O)CCCBr)n1. The summed E-state index contributed by atoms with van der Waals surface area (Å²) < 4.78 is 2.04. The fraction of sp³-hybridized carbons (Fsp3) is 0.714. The van der Waals surface area contributed by atoms with Gasteiger partial charge in [0.15, 0.2) is 0 Å². The number of carbonyl (C=O) groups is 1. The molecule has 0 atom stereocenters. The molecule has 0 bridgehead atoms. The second-order valence-electron chi connectivity index (χ2n) is 4.59. The number of alkyl halides is 1. The van der Waals surface area contributed by atoms with Crippen LogP contribution in [0.5, 0.6) is 0 Å². The van der Waals surface area contributed by atoms with Crippen molar-refractivity contribution in [3.8, 4) is 0 Å². The van der Waals surface area contributed by atoms with E-state index in [0.29, 0.717) is 24.7 Å². The highest BCUT2D eigenvalue weighted by Gasteiger charge is 2.09. The van der Waals surface area contributed by atoms with Crippen molar-refractivity contribution in [2.45, 2.75) is 58.4 Å². The lowest BCUT2D eigenvalue weighted by atomic mass is 10.1. The molecule has 4 heteroatoms. The standard InChI is InChI=1S/C14H23BrN2O/c1-3-13(4-2)17-11-9-12(16-17)7-8-14(18)6-5-10-15/h9,11,13H,3-8,10H2,1-2H3. The predicted octanol–water partition coefficient (Wildman–Crippen LogP) is 3.92. The first-order valence-electron chi connectivity index (χ1n) is 6.82. The number of aromatic nitrogens is 2. The summed E-state index contributed by atoms with van der Waals surface area (Å²) in [5.74, 6) is 0.339. The average molecular weight is 315 g/mol. The van der Waals surface area contributed by atoms with E-state index in [-0.39, 0.29) is 0 Å². The Morgan fingerprint density at radius 2 is 2.11 bits per heavy atom. The van der Waals surface area contributed by atoms with Gasteiger partial charge in [0.05, 0.1) is 11.7 Å². The van der Waals surface area contributed by atoms with E-state index in [9.17, 15) is 4.79 Å². The van der Waals surface area contributed by atoms with Crippen molar-refractivity contribution < 1.29 is 4.79 Å². The lowest BCUT2D eigenvalue weighted by molar-refractivity contribution is -0.119. The molecule has 1 rings (SSSR count). The molecule has 0 saturated heterocycles. The zero-order chi connectivity index (χ0) is 13.4. The van der Waals surface area contributed by atoms with Crippen LogP contribution in [0.25, 0.3) is 0 Å². The van der Waals surface area contributed by atoms with Gasteiger partial charge in [-0.05, 0) is 31.7 Å². The highest BCUT2D eigenvalue weighted by atomic mass is 79.9. The lowest BCUT2D eigenvalue weighted by Crippen LogP contribution is -2.08. The molecule has 18 heavy (non-hydrogen) atoms. The smallest absolute Gasteiger partial charge is 0.133 e. The van der Waals surface area contributed by atoms with Crippen LogP contribution in [-0.2, 0) is 11.2 Å². The minimum atomic E-state index is 0.339. The van der Waals surface area contributed by atoms with E-state index in [1.54, 1.807) is 0 Å². The van der Waals surface area contributed by atoms with Gasteiger partial charge in [0.1, 0.15) is 5.78 Å². The minimum Gasteiger partial charge on any atom is -0.300 e. The first-order valence-corrected chi connectivity index (χ1v) is 7.95. The van der Waals surface area contributed by atoms with Gasteiger partial charge in [-0.3, -0.25) is 9.48 Å². The minimum absolute atomic E-state index is 0.339. The molecule has 0 aliphatic carbocycles. The van der Waals surface area contributed by atoms with Crippen molar-refractivity contribution in [1.29, 1.82) is 0 Å². The third kappa shape index (κ3) is 4.92. The van der Waals surface area contributed by atoms with Crippen LogP contribution in [-0.4, -0.2) is 20.9 Å². The number of hydrogen-bond acceptors (Lipinski definition) is 2. The predicted molar refractivity (Wildman–Crippen MR) is 78.2 cm³/mol. The molecule has 0 N–H and O–H groups in total. The van der Waals surface area contributed by atoms with Gasteiger partial charge in [-0.1, -0.05) is 29.8 Å². The molecule has 0 amide bonds. The summed E-state index contributed by atoms with van der Waals surface area (Å²) in [5, 5.41) is 5.46. The molecule has 1 heterocycles. The van der Waals surface area contributed by atoms with Gasteiger partial charge in [0, 0.05) is 24.4 Å². The molecular weight excluding hydrogens is 292 g/mol. The Bertz CT molecular complexity index is 358. The summed E-state index contributed by atoms with van der Waals surface area (Å²) in [7, 11) is 0. The molecule has 1 aromatic heterocycles. The van der Waals surface area contributed by atoms with Crippen molar-refractivity contribution >= 4 is 21.7 Å². The Morgan fingerprint density at radius 1 is 1.39 bits per heavy atom. The molecule has 0 fully saturated rings. The van der Waals surface area contributed by atoms with Crippen LogP contribution in [0.15, 0.2) is 12.3 Å². The van der Waals surface area contributed by atoms with Gasteiger partial charge >= 0.3 is 0 Å². The highest BCUT2D eigenvalue weighted by Crippen LogP contribution is 2.15. The highest BCUT2D eigenvalue weighted by molar-refractivity contribution is 9.09. The molecule has 0 spiro atoms. The number of carbonyl (C=O) groups excluding carboxylic acids is 1. The van der Waals surface area contributed by atoms with Gasteiger partial charge in [-0.15, -0.1) is 0 Å². The van der Waals surface area contributed by atoms with Crippen molar-refractivity contribution in [3.05, 3.63) is 18.0 Å². The molecule has 0 unspecified atom stereocenters. The molecule has 3 nitrogen and oxygen atoms in total. The van der Waals surface area contributed by atoms with Crippen LogP contribution >= 0.6 is 15.9 Å². The molecule has 102 valence electrons. The van der Waals surface area contributed by atoms with Crippen LogP contribution in [0.4, 0.5) is 0 Å². The van der Waals surface area contributed by atoms with Crippen molar-refractivity contribution in [2.24, 2.45) is 0 Å². The molecule has 0 aliphatic rings. The summed E-state index contributed by atoms with van der Waals surface area (Å²) in [5.41, 5.74) is 1.04. The van der Waals surface area contributed by atoms with Crippen LogP contribution in [0.1, 0.15) is 57.7 Å². The van der Waals surface area contributed by atoms with E-state index in [4.69, 9.17) is 0 Å². The number of ketones is 1. The number of Topliss-reactive ketones (excluding diaryl/α,β-unsaturated/α-hetero) is 1. The maximum Gasteiger partial charge on any atom is 0.133 e. The molecule has 0 aliphatic heterocycles. The molecule has 0 aromatic carbocycles. The summed E-state index contributed by atoms with van der Waals surface area (Å²) >= 11 is 3.34. The Kier molecular flexibility index (Phi) is 7.25. The van der Waals surface area contributed by atoms with E-state index in [0.717, 1.165) is 36.7 Å². The maximum atomic E-state index is 11.6. The van der Waals surface area contributed by atoms with Crippen LogP contribution in [0.2, 0.25) is 0 Å². The van der Waals surface area contributed by atoms with Crippen molar-refractivity contribution in [1.82, 2.24) is 9.78 Å². The first kappa shape index (κ1) is 15.4. The van der Waals surface area contributed by atoms with E-state index in [1.807, 2.05) is 16.9 Å². The first-order chi connectivity index (χ1) is 8.71. The van der Waals surface area contributed by atoms with Crippen LogP contribution in [0, 0.1) is 0 Å². The largest absolute Gasteiger partial charge is 0.300 e. The van der Waals surface area contributed by atoms with Crippen molar-refractivity contribution in [2.75, 3.05) is 5.33 Å². The van der Waals surface area contributed by atoms with E-state index < -0.39 is 0 Å². The Hall–Kier alpha value is -0.640. The number of aryl methyl sites for hydroxylation is 1. The van der Waals surface area contributed by atoms with E-state index in [1.165, 1.54) is 0 Å². The summed E-state index contributed by atoms with van der Waals surface area (Å²) in [6.07, 6.45) is 7.24. The Morgan fingerprint density at radius 3 is 2.72 bits per heavy atom.